The molecule has 0 N–H and O–H groups in total. The minimum absolute atomic E-state index is 0.0939. The van der Waals surface area contributed by atoms with Gasteiger partial charge in [0, 0.05) is 6.08 Å². The van der Waals surface area contributed by atoms with Gasteiger partial charge in [0.1, 0.15) is 23.5 Å². The molecule has 0 amide bonds. The first-order chi connectivity index (χ1) is 9.98. The van der Waals surface area contributed by atoms with E-state index in [4.69, 9.17) is 14.9 Å². The SMILES string of the molecule is N#CC(C#N)=Cc1cc(Br)c(S(=O)(=O)c2ccccc2)o1. The second-order valence-corrected chi connectivity index (χ2v) is 6.59. The van der Waals surface area contributed by atoms with Gasteiger partial charge < -0.3 is 4.42 Å². The Balaban J connectivity index is 2.53. The van der Waals surface area contributed by atoms with Gasteiger partial charge in [0.15, 0.2) is 0 Å². The van der Waals surface area contributed by atoms with E-state index in [2.05, 4.69) is 15.9 Å². The Morgan fingerprint density at radius 1 is 1.19 bits per heavy atom. The van der Waals surface area contributed by atoms with Crippen molar-refractivity contribution in [2.24, 2.45) is 0 Å². The lowest BCUT2D eigenvalue weighted by Crippen LogP contribution is -2.00. The molecule has 1 heterocycles. The van der Waals surface area contributed by atoms with Gasteiger partial charge in [-0.1, -0.05) is 18.2 Å². The summed E-state index contributed by atoms with van der Waals surface area (Å²) in [5.41, 5.74) is -0.181. The maximum absolute atomic E-state index is 12.4. The first-order valence-electron chi connectivity index (χ1n) is 5.60. The summed E-state index contributed by atoms with van der Waals surface area (Å²) in [5.74, 6) is 0.106. The Morgan fingerprint density at radius 3 is 2.38 bits per heavy atom. The zero-order valence-corrected chi connectivity index (χ0v) is 12.8. The van der Waals surface area contributed by atoms with Crippen LogP contribution in [-0.2, 0) is 9.84 Å². The highest BCUT2D eigenvalue weighted by Gasteiger charge is 2.25. The van der Waals surface area contributed by atoms with Crippen LogP contribution < -0.4 is 0 Å². The van der Waals surface area contributed by atoms with E-state index in [0.29, 0.717) is 0 Å². The van der Waals surface area contributed by atoms with Crippen LogP contribution in [0.5, 0.6) is 0 Å². The molecule has 5 nitrogen and oxygen atoms in total. The van der Waals surface area contributed by atoms with Gasteiger partial charge in [-0.05, 0) is 34.1 Å². The molecule has 0 saturated carbocycles. The summed E-state index contributed by atoms with van der Waals surface area (Å²) in [6.45, 7) is 0. The highest BCUT2D eigenvalue weighted by molar-refractivity contribution is 9.10. The molecule has 7 heteroatoms. The highest BCUT2D eigenvalue weighted by Crippen LogP contribution is 2.31. The van der Waals surface area contributed by atoms with E-state index in [1.807, 2.05) is 0 Å². The van der Waals surface area contributed by atoms with Crippen molar-refractivity contribution >= 4 is 31.8 Å². The molecule has 0 aliphatic heterocycles. The molecule has 2 rings (SSSR count). The van der Waals surface area contributed by atoms with Crippen LogP contribution in [0, 0.1) is 22.7 Å². The van der Waals surface area contributed by atoms with E-state index >= 15 is 0 Å². The Kier molecular flexibility index (Phi) is 4.27. The van der Waals surface area contributed by atoms with Crippen LogP contribution >= 0.6 is 15.9 Å². The fraction of sp³-hybridized carbons (Fsp3) is 0. The Morgan fingerprint density at radius 2 is 1.81 bits per heavy atom. The summed E-state index contributed by atoms with van der Waals surface area (Å²) in [4.78, 5) is 0.0939. The van der Waals surface area contributed by atoms with Gasteiger partial charge in [0.2, 0.25) is 14.9 Å². The van der Waals surface area contributed by atoms with Crippen molar-refractivity contribution in [2.75, 3.05) is 0 Å². The Hall–Kier alpha value is -2.35. The molecule has 2 aromatic rings. The van der Waals surface area contributed by atoms with Crippen LogP contribution in [0.3, 0.4) is 0 Å². The van der Waals surface area contributed by atoms with E-state index in [1.165, 1.54) is 24.3 Å². The Labute approximate surface area is 129 Å². The first kappa shape index (κ1) is 15.0. The maximum atomic E-state index is 12.4. The van der Waals surface area contributed by atoms with E-state index in [0.717, 1.165) is 0 Å². The molecule has 0 aliphatic carbocycles. The standard InChI is InChI=1S/C14H7BrN2O3S/c15-13-7-11(6-10(8-16)9-17)20-14(13)21(18,19)12-4-2-1-3-5-12/h1-7H. The summed E-state index contributed by atoms with van der Waals surface area (Å²) in [7, 11) is -3.81. The van der Waals surface area contributed by atoms with Crippen molar-refractivity contribution in [3.63, 3.8) is 0 Å². The summed E-state index contributed by atoms with van der Waals surface area (Å²) in [6.07, 6.45) is 1.18. The lowest BCUT2D eigenvalue weighted by Gasteiger charge is -2.01. The molecule has 0 atom stereocenters. The number of hydrogen-bond donors (Lipinski definition) is 0. The molecule has 0 radical (unpaired) electrons. The van der Waals surface area contributed by atoms with Gasteiger partial charge in [-0.3, -0.25) is 0 Å². The second kappa shape index (κ2) is 5.96. The van der Waals surface area contributed by atoms with E-state index < -0.39 is 9.84 Å². The van der Waals surface area contributed by atoms with Crippen LogP contribution in [0.15, 0.2) is 60.8 Å². The van der Waals surface area contributed by atoms with Crippen molar-refractivity contribution in [3.05, 3.63) is 52.2 Å². The number of hydrogen-bond acceptors (Lipinski definition) is 5. The van der Waals surface area contributed by atoms with Crippen molar-refractivity contribution in [1.29, 1.82) is 10.5 Å². The van der Waals surface area contributed by atoms with Crippen molar-refractivity contribution in [2.45, 2.75) is 9.99 Å². The smallest absolute Gasteiger partial charge is 0.240 e. The summed E-state index contributed by atoms with van der Waals surface area (Å²) in [5, 5.41) is 17.1. The van der Waals surface area contributed by atoms with E-state index in [9.17, 15) is 8.42 Å². The number of benzene rings is 1. The minimum atomic E-state index is -3.81. The van der Waals surface area contributed by atoms with Crippen LogP contribution in [0.25, 0.3) is 6.08 Å². The van der Waals surface area contributed by atoms with Crippen molar-refractivity contribution in [3.8, 4) is 12.1 Å². The summed E-state index contributed by atoms with van der Waals surface area (Å²) >= 11 is 3.12. The van der Waals surface area contributed by atoms with Gasteiger partial charge >= 0.3 is 0 Å². The van der Waals surface area contributed by atoms with Crippen LogP contribution in [0.2, 0.25) is 0 Å². The lowest BCUT2D eigenvalue weighted by atomic mass is 10.3. The fourth-order valence-electron chi connectivity index (χ4n) is 1.56. The van der Waals surface area contributed by atoms with E-state index in [-0.39, 0.29) is 25.8 Å². The van der Waals surface area contributed by atoms with Crippen molar-refractivity contribution < 1.29 is 12.8 Å². The summed E-state index contributed by atoms with van der Waals surface area (Å²) in [6, 6.07) is 12.6. The molecular formula is C14H7BrN2O3S. The average Bonchev–Trinajstić information content (AvgIpc) is 2.87. The molecule has 104 valence electrons. The molecule has 0 spiro atoms. The highest BCUT2D eigenvalue weighted by atomic mass is 79.9. The molecule has 1 aromatic heterocycles. The predicted molar refractivity (Wildman–Crippen MR) is 77.5 cm³/mol. The third-order valence-corrected chi connectivity index (χ3v) is 5.04. The van der Waals surface area contributed by atoms with Gasteiger partial charge in [0.25, 0.3) is 0 Å². The monoisotopic (exact) mass is 362 g/mol. The third kappa shape index (κ3) is 3.05. The molecule has 21 heavy (non-hydrogen) atoms. The number of nitrogens with zero attached hydrogens (tertiary/aromatic N) is 2. The first-order valence-corrected chi connectivity index (χ1v) is 7.88. The Bertz CT molecular complexity index is 869. The number of nitriles is 2. The van der Waals surface area contributed by atoms with Gasteiger partial charge in [-0.25, -0.2) is 8.42 Å². The number of allylic oxidation sites excluding steroid dienone is 1. The van der Waals surface area contributed by atoms with Gasteiger partial charge in [0.05, 0.1) is 9.37 Å². The van der Waals surface area contributed by atoms with Crippen LogP contribution in [-0.4, -0.2) is 8.42 Å². The van der Waals surface area contributed by atoms with Crippen LogP contribution in [0.1, 0.15) is 5.76 Å². The van der Waals surface area contributed by atoms with Gasteiger partial charge in [-0.2, -0.15) is 10.5 Å². The predicted octanol–water partition coefficient (Wildman–Crippen LogP) is 3.31. The molecule has 1 aromatic carbocycles. The number of sulfone groups is 1. The molecule has 0 aliphatic rings. The zero-order valence-electron chi connectivity index (χ0n) is 10.4. The maximum Gasteiger partial charge on any atom is 0.240 e. The van der Waals surface area contributed by atoms with E-state index in [1.54, 1.807) is 30.3 Å². The summed E-state index contributed by atoms with van der Waals surface area (Å²) < 4.78 is 30.3. The lowest BCUT2D eigenvalue weighted by molar-refractivity contribution is 0.440. The normalized spacial score (nSPS) is 10.4. The van der Waals surface area contributed by atoms with Gasteiger partial charge in [-0.15, -0.1) is 0 Å². The number of halogens is 1. The fourth-order valence-corrected chi connectivity index (χ4v) is 3.76. The number of rotatable bonds is 3. The van der Waals surface area contributed by atoms with Crippen molar-refractivity contribution in [1.82, 2.24) is 0 Å². The quantitative estimate of drug-likeness (QED) is 0.780. The molecule has 0 unspecified atom stereocenters. The second-order valence-electron chi connectivity index (χ2n) is 3.88. The molecule has 0 fully saturated rings. The average molecular weight is 363 g/mol. The minimum Gasteiger partial charge on any atom is -0.444 e. The molecule has 0 bridgehead atoms. The molecular weight excluding hydrogens is 356 g/mol. The largest absolute Gasteiger partial charge is 0.444 e. The third-order valence-electron chi connectivity index (χ3n) is 2.50. The topological polar surface area (TPSA) is 94.9 Å². The number of furan rings is 1. The zero-order chi connectivity index (χ0) is 15.5. The van der Waals surface area contributed by atoms with Crippen LogP contribution in [0.4, 0.5) is 0 Å². The molecule has 0 saturated heterocycles.